The molecule has 35 heavy (non-hydrogen) atoms. The molecule has 1 aliphatic heterocycles. The number of benzene rings is 3. The van der Waals surface area contributed by atoms with Crippen LogP contribution in [0, 0.1) is 6.92 Å². The number of fused-ring (bicyclic) bond motifs is 1. The van der Waals surface area contributed by atoms with Crippen molar-refractivity contribution in [3.8, 4) is 11.5 Å². The number of nitrogens with zero attached hydrogens (tertiary/aromatic N) is 2. The molecule has 2 heterocycles. The van der Waals surface area contributed by atoms with Gasteiger partial charge in [0.2, 0.25) is 0 Å². The quantitative estimate of drug-likeness (QED) is 0.236. The van der Waals surface area contributed by atoms with Crippen LogP contribution in [0.1, 0.15) is 22.7 Å². The standard InChI is InChI=1S/C27H22N2O5S/c1-15-8-10-16(11-9-15)24(30)22-23(18-13-12-17(33-2)14-20(18)34-3)29(26(32)25(22)31)27-28-19-6-4-5-7-21(19)35-27/h4-14,23,30H,1-3H3/b24-22-. The number of rotatable bonds is 5. The second-order valence-electron chi connectivity index (χ2n) is 8.11. The van der Waals surface area contributed by atoms with E-state index in [9.17, 15) is 14.7 Å². The molecule has 3 aromatic carbocycles. The molecule has 8 heteroatoms. The Morgan fingerprint density at radius 2 is 1.74 bits per heavy atom. The van der Waals surface area contributed by atoms with Gasteiger partial charge in [-0.3, -0.25) is 14.5 Å². The topological polar surface area (TPSA) is 89.0 Å². The van der Waals surface area contributed by atoms with Crippen LogP contribution in [-0.2, 0) is 9.59 Å². The normalized spacial score (nSPS) is 17.2. The summed E-state index contributed by atoms with van der Waals surface area (Å²) in [6.45, 7) is 1.93. The van der Waals surface area contributed by atoms with Crippen LogP contribution < -0.4 is 14.4 Å². The molecule has 7 nitrogen and oxygen atoms in total. The minimum absolute atomic E-state index is 0.0263. The highest BCUT2D eigenvalue weighted by Crippen LogP contribution is 2.47. The lowest BCUT2D eigenvalue weighted by molar-refractivity contribution is -0.132. The number of anilines is 1. The highest BCUT2D eigenvalue weighted by atomic mass is 32.1. The van der Waals surface area contributed by atoms with E-state index in [0.717, 1.165) is 10.3 Å². The Balaban J connectivity index is 1.77. The second kappa shape index (κ2) is 8.88. The smallest absolute Gasteiger partial charge is 0.301 e. The Labute approximate surface area is 205 Å². The van der Waals surface area contributed by atoms with Crippen LogP contribution in [0.5, 0.6) is 11.5 Å². The molecular weight excluding hydrogens is 464 g/mol. The molecule has 0 bridgehead atoms. The molecule has 4 aromatic rings. The summed E-state index contributed by atoms with van der Waals surface area (Å²) < 4.78 is 11.8. The number of Topliss-reactive ketones (excluding diaryl/α,β-unsaturated/α-hetero) is 1. The Kier molecular flexibility index (Phi) is 5.74. The molecule has 1 aliphatic rings. The third-order valence-corrected chi connectivity index (χ3v) is 7.03. The van der Waals surface area contributed by atoms with E-state index in [4.69, 9.17) is 9.47 Å². The number of para-hydroxylation sites is 1. The Hall–Kier alpha value is -4.17. The van der Waals surface area contributed by atoms with E-state index >= 15 is 0 Å². The average molecular weight is 487 g/mol. The van der Waals surface area contributed by atoms with Crippen molar-refractivity contribution < 1.29 is 24.2 Å². The van der Waals surface area contributed by atoms with Gasteiger partial charge in [0.25, 0.3) is 5.78 Å². The molecule has 176 valence electrons. The fourth-order valence-electron chi connectivity index (χ4n) is 4.20. The summed E-state index contributed by atoms with van der Waals surface area (Å²) in [7, 11) is 3.04. The summed E-state index contributed by atoms with van der Waals surface area (Å²) in [6, 6.07) is 18.8. The van der Waals surface area contributed by atoms with Crippen molar-refractivity contribution in [1.29, 1.82) is 0 Å². The highest BCUT2D eigenvalue weighted by molar-refractivity contribution is 7.22. The number of carbonyl (C=O) groups is 2. The second-order valence-corrected chi connectivity index (χ2v) is 9.12. The number of hydrogen-bond acceptors (Lipinski definition) is 7. The molecule has 1 fully saturated rings. The average Bonchev–Trinajstić information content (AvgIpc) is 3.42. The van der Waals surface area contributed by atoms with Crippen LogP contribution in [0.2, 0.25) is 0 Å². The number of aliphatic hydroxyl groups excluding tert-OH is 1. The molecule has 0 radical (unpaired) electrons. The number of methoxy groups -OCH3 is 2. The summed E-state index contributed by atoms with van der Waals surface area (Å²) in [6.07, 6.45) is 0. The van der Waals surface area contributed by atoms with Gasteiger partial charge < -0.3 is 14.6 Å². The molecule has 1 unspecified atom stereocenters. The summed E-state index contributed by atoms with van der Waals surface area (Å²) in [5.74, 6) is -0.834. The van der Waals surface area contributed by atoms with Gasteiger partial charge in [-0.25, -0.2) is 4.98 Å². The molecule has 1 atom stereocenters. The first-order valence-electron chi connectivity index (χ1n) is 10.9. The zero-order chi connectivity index (χ0) is 24.7. The molecular formula is C27H22N2O5S. The third-order valence-electron chi connectivity index (χ3n) is 5.99. The van der Waals surface area contributed by atoms with Crippen LogP contribution in [0.3, 0.4) is 0 Å². The van der Waals surface area contributed by atoms with Crippen LogP contribution >= 0.6 is 11.3 Å². The van der Waals surface area contributed by atoms with Crippen molar-refractivity contribution in [2.45, 2.75) is 13.0 Å². The molecule has 1 amide bonds. The van der Waals surface area contributed by atoms with Crippen molar-refractivity contribution >= 4 is 44.1 Å². The first kappa shape index (κ1) is 22.6. The van der Waals surface area contributed by atoms with Gasteiger partial charge in [0.05, 0.1) is 30.0 Å². The van der Waals surface area contributed by atoms with Crippen molar-refractivity contribution in [3.05, 3.63) is 89.0 Å². The van der Waals surface area contributed by atoms with Crippen LogP contribution in [0.15, 0.2) is 72.3 Å². The number of ketones is 1. The summed E-state index contributed by atoms with van der Waals surface area (Å²) in [4.78, 5) is 32.8. The molecule has 1 N–H and O–H groups in total. The lowest BCUT2D eigenvalue weighted by Crippen LogP contribution is -2.29. The molecule has 0 saturated carbocycles. The van der Waals surface area contributed by atoms with Gasteiger partial charge >= 0.3 is 5.91 Å². The molecule has 0 aliphatic carbocycles. The Morgan fingerprint density at radius 3 is 2.43 bits per heavy atom. The molecule has 0 spiro atoms. The monoisotopic (exact) mass is 486 g/mol. The van der Waals surface area contributed by atoms with Gasteiger partial charge in [0.1, 0.15) is 23.3 Å². The number of thiazole rings is 1. The minimum atomic E-state index is -0.947. The van der Waals surface area contributed by atoms with Gasteiger partial charge in [0.15, 0.2) is 5.13 Å². The molecule has 1 saturated heterocycles. The lowest BCUT2D eigenvalue weighted by Gasteiger charge is -2.24. The predicted octanol–water partition coefficient (Wildman–Crippen LogP) is 5.25. The lowest BCUT2D eigenvalue weighted by atomic mass is 9.94. The fraction of sp³-hybridized carbons (Fsp3) is 0.148. The van der Waals surface area contributed by atoms with E-state index < -0.39 is 17.7 Å². The zero-order valence-electron chi connectivity index (χ0n) is 19.3. The van der Waals surface area contributed by atoms with Gasteiger partial charge in [-0.2, -0.15) is 0 Å². The largest absolute Gasteiger partial charge is 0.507 e. The maximum Gasteiger partial charge on any atom is 0.301 e. The van der Waals surface area contributed by atoms with Crippen molar-refractivity contribution in [2.24, 2.45) is 0 Å². The van der Waals surface area contributed by atoms with E-state index in [-0.39, 0.29) is 11.3 Å². The third kappa shape index (κ3) is 3.81. The van der Waals surface area contributed by atoms with E-state index in [1.165, 1.54) is 23.3 Å². The number of hydrogen-bond donors (Lipinski definition) is 1. The van der Waals surface area contributed by atoms with Crippen LogP contribution in [-0.4, -0.2) is 36.0 Å². The Bertz CT molecular complexity index is 1460. The van der Waals surface area contributed by atoms with E-state index in [2.05, 4.69) is 4.98 Å². The van der Waals surface area contributed by atoms with E-state index in [1.807, 2.05) is 43.3 Å². The molecule has 5 rings (SSSR count). The van der Waals surface area contributed by atoms with Crippen LogP contribution in [0.4, 0.5) is 5.13 Å². The number of aryl methyl sites for hydroxylation is 1. The number of aromatic nitrogens is 1. The van der Waals surface area contributed by atoms with E-state index in [1.54, 1.807) is 37.4 Å². The zero-order valence-corrected chi connectivity index (χ0v) is 20.1. The summed E-state index contributed by atoms with van der Waals surface area (Å²) in [5, 5.41) is 11.7. The van der Waals surface area contributed by atoms with Gasteiger partial charge in [-0.1, -0.05) is 53.3 Å². The van der Waals surface area contributed by atoms with Gasteiger partial charge in [-0.05, 0) is 31.2 Å². The number of carbonyl (C=O) groups excluding carboxylic acids is 2. The number of amides is 1. The van der Waals surface area contributed by atoms with Gasteiger partial charge in [-0.15, -0.1) is 0 Å². The van der Waals surface area contributed by atoms with Crippen molar-refractivity contribution in [2.75, 3.05) is 19.1 Å². The van der Waals surface area contributed by atoms with Gasteiger partial charge in [0, 0.05) is 17.2 Å². The fourth-order valence-corrected chi connectivity index (χ4v) is 5.19. The number of aliphatic hydroxyl groups is 1. The first-order valence-corrected chi connectivity index (χ1v) is 11.7. The Morgan fingerprint density at radius 1 is 1.00 bits per heavy atom. The summed E-state index contributed by atoms with van der Waals surface area (Å²) >= 11 is 1.30. The highest BCUT2D eigenvalue weighted by Gasteiger charge is 2.49. The summed E-state index contributed by atoms with van der Waals surface area (Å²) in [5.41, 5.74) is 2.66. The number of ether oxygens (including phenoxy) is 2. The van der Waals surface area contributed by atoms with Crippen molar-refractivity contribution in [1.82, 2.24) is 4.98 Å². The van der Waals surface area contributed by atoms with Crippen LogP contribution in [0.25, 0.3) is 16.0 Å². The van der Waals surface area contributed by atoms with E-state index in [0.29, 0.717) is 33.3 Å². The van der Waals surface area contributed by atoms with Crippen molar-refractivity contribution in [3.63, 3.8) is 0 Å². The maximum absolute atomic E-state index is 13.4. The SMILES string of the molecule is COc1ccc(C2/C(=C(/O)c3ccc(C)cc3)C(=O)C(=O)N2c2nc3ccccc3s2)c(OC)c1. The predicted molar refractivity (Wildman–Crippen MR) is 135 cm³/mol. The first-order chi connectivity index (χ1) is 16.9. The maximum atomic E-state index is 13.4. The molecule has 1 aromatic heterocycles. The minimum Gasteiger partial charge on any atom is -0.507 e.